The Morgan fingerprint density at radius 2 is 2.38 bits per heavy atom. The first-order chi connectivity index (χ1) is 7.74. The predicted octanol–water partition coefficient (Wildman–Crippen LogP) is 1.17. The predicted molar refractivity (Wildman–Crippen MR) is 61.2 cm³/mol. The SMILES string of the molecule is NC(=O)c1ccnc(N2CC3CCC2C3)c1. The van der Waals surface area contributed by atoms with Crippen LogP contribution in [0.5, 0.6) is 0 Å². The molecule has 2 N–H and O–H groups in total. The van der Waals surface area contributed by atoms with Gasteiger partial charge in [0.2, 0.25) is 5.91 Å². The van der Waals surface area contributed by atoms with Gasteiger partial charge in [-0.05, 0) is 37.3 Å². The fourth-order valence-corrected chi connectivity index (χ4v) is 2.93. The summed E-state index contributed by atoms with van der Waals surface area (Å²) in [7, 11) is 0. The normalized spacial score (nSPS) is 27.4. The molecule has 84 valence electrons. The molecule has 2 atom stereocenters. The van der Waals surface area contributed by atoms with Gasteiger partial charge < -0.3 is 10.6 Å². The molecule has 0 radical (unpaired) electrons. The molecule has 1 saturated carbocycles. The number of pyridine rings is 1. The van der Waals surface area contributed by atoms with E-state index in [9.17, 15) is 4.79 Å². The first-order valence-electron chi connectivity index (χ1n) is 5.76. The molecule has 2 unspecified atom stereocenters. The summed E-state index contributed by atoms with van der Waals surface area (Å²) >= 11 is 0. The first kappa shape index (κ1) is 9.63. The summed E-state index contributed by atoms with van der Waals surface area (Å²) in [4.78, 5) is 17.8. The third-order valence-corrected chi connectivity index (χ3v) is 3.73. The van der Waals surface area contributed by atoms with Crippen molar-refractivity contribution in [2.45, 2.75) is 25.3 Å². The van der Waals surface area contributed by atoms with Crippen LogP contribution in [0.15, 0.2) is 18.3 Å². The summed E-state index contributed by atoms with van der Waals surface area (Å²) in [5.41, 5.74) is 5.82. The van der Waals surface area contributed by atoms with Crippen molar-refractivity contribution in [1.29, 1.82) is 0 Å². The van der Waals surface area contributed by atoms with Gasteiger partial charge in [0.05, 0.1) is 0 Å². The molecule has 4 heteroatoms. The highest BCUT2D eigenvalue weighted by Crippen LogP contribution is 2.39. The van der Waals surface area contributed by atoms with Gasteiger partial charge in [-0.25, -0.2) is 4.98 Å². The Hall–Kier alpha value is -1.58. The summed E-state index contributed by atoms with van der Waals surface area (Å²) < 4.78 is 0. The van der Waals surface area contributed by atoms with Crippen LogP contribution in [-0.4, -0.2) is 23.5 Å². The minimum absolute atomic E-state index is 0.381. The maximum atomic E-state index is 11.1. The zero-order chi connectivity index (χ0) is 11.1. The quantitative estimate of drug-likeness (QED) is 0.809. The molecule has 2 bridgehead atoms. The fraction of sp³-hybridized carbons (Fsp3) is 0.500. The molecule has 3 rings (SSSR count). The fourth-order valence-electron chi connectivity index (χ4n) is 2.93. The van der Waals surface area contributed by atoms with E-state index >= 15 is 0 Å². The number of hydrogen-bond acceptors (Lipinski definition) is 3. The van der Waals surface area contributed by atoms with Crippen LogP contribution < -0.4 is 10.6 Å². The van der Waals surface area contributed by atoms with Gasteiger partial charge in [0.25, 0.3) is 0 Å². The lowest BCUT2D eigenvalue weighted by Crippen LogP contribution is -2.32. The largest absolute Gasteiger partial charge is 0.366 e. The number of amides is 1. The molecular weight excluding hydrogens is 202 g/mol. The van der Waals surface area contributed by atoms with Crippen LogP contribution in [0, 0.1) is 5.92 Å². The van der Waals surface area contributed by atoms with Crippen molar-refractivity contribution in [2.75, 3.05) is 11.4 Å². The number of nitrogens with two attached hydrogens (primary N) is 1. The van der Waals surface area contributed by atoms with Crippen molar-refractivity contribution >= 4 is 11.7 Å². The third-order valence-electron chi connectivity index (χ3n) is 3.73. The number of aromatic nitrogens is 1. The zero-order valence-corrected chi connectivity index (χ0v) is 9.10. The second-order valence-corrected chi connectivity index (χ2v) is 4.75. The standard InChI is InChI=1S/C12H15N3O/c13-12(16)9-3-4-14-11(6-9)15-7-8-1-2-10(15)5-8/h3-4,6,8,10H,1-2,5,7H2,(H2,13,16). The second kappa shape index (κ2) is 3.47. The van der Waals surface area contributed by atoms with Crippen molar-refractivity contribution in [2.24, 2.45) is 11.7 Å². The molecule has 1 aliphatic heterocycles. The van der Waals surface area contributed by atoms with E-state index in [1.165, 1.54) is 19.3 Å². The Labute approximate surface area is 94.5 Å². The van der Waals surface area contributed by atoms with Crippen LogP contribution in [0.4, 0.5) is 5.82 Å². The minimum atomic E-state index is -0.381. The van der Waals surface area contributed by atoms with Crippen LogP contribution in [0.2, 0.25) is 0 Å². The highest BCUT2D eigenvalue weighted by molar-refractivity contribution is 5.93. The molecule has 2 aliphatic rings. The van der Waals surface area contributed by atoms with Gasteiger partial charge >= 0.3 is 0 Å². The van der Waals surface area contributed by atoms with E-state index in [0.29, 0.717) is 11.6 Å². The van der Waals surface area contributed by atoms with E-state index in [2.05, 4.69) is 9.88 Å². The monoisotopic (exact) mass is 217 g/mol. The maximum Gasteiger partial charge on any atom is 0.248 e. The molecule has 0 aromatic carbocycles. The van der Waals surface area contributed by atoms with E-state index in [0.717, 1.165) is 18.3 Å². The van der Waals surface area contributed by atoms with Crippen LogP contribution in [-0.2, 0) is 0 Å². The van der Waals surface area contributed by atoms with Gasteiger partial charge in [0.15, 0.2) is 0 Å². The number of primary amides is 1. The number of piperidine rings is 1. The van der Waals surface area contributed by atoms with Gasteiger partial charge in [-0.2, -0.15) is 0 Å². The van der Waals surface area contributed by atoms with Crippen molar-refractivity contribution in [3.8, 4) is 0 Å². The molecular formula is C12H15N3O. The Kier molecular flexibility index (Phi) is 2.09. The first-order valence-corrected chi connectivity index (χ1v) is 5.76. The molecule has 16 heavy (non-hydrogen) atoms. The summed E-state index contributed by atoms with van der Waals surface area (Å²) in [6.45, 7) is 1.08. The molecule has 2 heterocycles. The van der Waals surface area contributed by atoms with Crippen molar-refractivity contribution in [1.82, 2.24) is 4.98 Å². The van der Waals surface area contributed by atoms with Crippen LogP contribution in [0.1, 0.15) is 29.6 Å². The smallest absolute Gasteiger partial charge is 0.248 e. The highest BCUT2D eigenvalue weighted by Gasteiger charge is 2.38. The van der Waals surface area contributed by atoms with E-state index in [4.69, 9.17) is 5.73 Å². The van der Waals surface area contributed by atoms with Crippen LogP contribution in [0.3, 0.4) is 0 Å². The number of carbonyl (C=O) groups is 1. The van der Waals surface area contributed by atoms with Gasteiger partial charge in [0, 0.05) is 24.3 Å². The van der Waals surface area contributed by atoms with E-state index in [1.54, 1.807) is 12.3 Å². The lowest BCUT2D eigenvalue weighted by molar-refractivity contribution is 0.1000. The summed E-state index contributed by atoms with van der Waals surface area (Å²) in [5, 5.41) is 0. The topological polar surface area (TPSA) is 59.2 Å². The number of hydrogen-bond donors (Lipinski definition) is 1. The van der Waals surface area contributed by atoms with Gasteiger partial charge in [-0.15, -0.1) is 0 Å². The van der Waals surface area contributed by atoms with Gasteiger partial charge in [-0.1, -0.05) is 0 Å². The summed E-state index contributed by atoms with van der Waals surface area (Å²) in [6.07, 6.45) is 5.55. The number of anilines is 1. The van der Waals surface area contributed by atoms with Crippen molar-refractivity contribution in [3.63, 3.8) is 0 Å². The maximum absolute atomic E-state index is 11.1. The van der Waals surface area contributed by atoms with E-state index in [1.807, 2.05) is 6.07 Å². The zero-order valence-electron chi connectivity index (χ0n) is 9.10. The lowest BCUT2D eigenvalue weighted by Gasteiger charge is -2.28. The molecule has 1 amide bonds. The Morgan fingerprint density at radius 3 is 3.00 bits per heavy atom. The third kappa shape index (κ3) is 1.45. The Morgan fingerprint density at radius 1 is 1.50 bits per heavy atom. The molecule has 0 spiro atoms. The van der Waals surface area contributed by atoms with Crippen molar-refractivity contribution < 1.29 is 4.79 Å². The molecule has 1 saturated heterocycles. The number of nitrogens with zero attached hydrogens (tertiary/aromatic N) is 2. The number of rotatable bonds is 2. The lowest BCUT2D eigenvalue weighted by atomic mass is 10.1. The average Bonchev–Trinajstić information content (AvgIpc) is 2.91. The van der Waals surface area contributed by atoms with E-state index in [-0.39, 0.29) is 5.91 Å². The average molecular weight is 217 g/mol. The second-order valence-electron chi connectivity index (χ2n) is 4.75. The molecule has 2 fully saturated rings. The summed E-state index contributed by atoms with van der Waals surface area (Å²) in [5.74, 6) is 1.35. The van der Waals surface area contributed by atoms with Gasteiger partial charge in [0.1, 0.15) is 5.82 Å². The Bertz CT molecular complexity index is 432. The van der Waals surface area contributed by atoms with Gasteiger partial charge in [-0.3, -0.25) is 4.79 Å². The molecule has 1 aromatic heterocycles. The Balaban J connectivity index is 1.89. The molecule has 4 nitrogen and oxygen atoms in total. The van der Waals surface area contributed by atoms with E-state index < -0.39 is 0 Å². The van der Waals surface area contributed by atoms with Crippen LogP contribution in [0.25, 0.3) is 0 Å². The molecule has 1 aliphatic carbocycles. The van der Waals surface area contributed by atoms with Crippen LogP contribution >= 0.6 is 0 Å². The van der Waals surface area contributed by atoms with Crippen molar-refractivity contribution in [3.05, 3.63) is 23.9 Å². The highest BCUT2D eigenvalue weighted by atomic mass is 16.1. The minimum Gasteiger partial charge on any atom is -0.366 e. The molecule has 1 aromatic rings. The summed E-state index contributed by atoms with van der Waals surface area (Å²) in [6, 6.07) is 4.10. The number of carbonyl (C=O) groups excluding carboxylic acids is 1. The number of fused-ring (bicyclic) bond motifs is 2.